The number of anilines is 1. The number of thioether (sulfide) groups is 1. The number of nitrogens with zero attached hydrogens (tertiary/aromatic N) is 2. The fourth-order valence-corrected chi connectivity index (χ4v) is 3.09. The molecule has 0 saturated carbocycles. The second-order valence-electron chi connectivity index (χ2n) is 5.03. The molecule has 7 heteroatoms. The van der Waals surface area contributed by atoms with Crippen molar-refractivity contribution in [1.29, 1.82) is 0 Å². The maximum absolute atomic E-state index is 12.2. The molecule has 22 heavy (non-hydrogen) atoms. The lowest BCUT2D eigenvalue weighted by Crippen LogP contribution is -2.30. The Morgan fingerprint density at radius 3 is 2.68 bits per heavy atom. The van der Waals surface area contributed by atoms with Crippen molar-refractivity contribution in [3.05, 3.63) is 28.8 Å². The van der Waals surface area contributed by atoms with Crippen molar-refractivity contribution >= 4 is 34.1 Å². The monoisotopic (exact) mass is 337 g/mol. The lowest BCUT2D eigenvalue weighted by Gasteiger charge is -2.17. The van der Waals surface area contributed by atoms with Gasteiger partial charge in [0.05, 0.1) is 0 Å². The van der Waals surface area contributed by atoms with E-state index >= 15 is 0 Å². The predicted octanol–water partition coefficient (Wildman–Crippen LogP) is 3.59. The van der Waals surface area contributed by atoms with Gasteiger partial charge in [0.15, 0.2) is 10.4 Å². The molecule has 118 valence electrons. The van der Waals surface area contributed by atoms with Crippen LogP contribution in [0.3, 0.4) is 0 Å². The lowest BCUT2D eigenvalue weighted by molar-refractivity contribution is -0.122. The zero-order chi connectivity index (χ0) is 16.3. The van der Waals surface area contributed by atoms with Gasteiger partial charge in [0.1, 0.15) is 5.75 Å². The van der Waals surface area contributed by atoms with Crippen LogP contribution in [-0.4, -0.2) is 28.5 Å². The number of carbonyl (C=O) groups excluding carboxylic acids is 1. The minimum Gasteiger partial charge on any atom is -0.481 e. The molecule has 0 aliphatic heterocycles. The van der Waals surface area contributed by atoms with Crippen molar-refractivity contribution in [2.45, 2.75) is 38.1 Å². The van der Waals surface area contributed by atoms with Crippen molar-refractivity contribution in [2.24, 2.45) is 0 Å². The number of amides is 1. The average molecular weight is 337 g/mol. The Labute approximate surface area is 138 Å². The zero-order valence-electron chi connectivity index (χ0n) is 13.3. The van der Waals surface area contributed by atoms with Gasteiger partial charge >= 0.3 is 0 Å². The number of aryl methyl sites for hydroxylation is 2. The highest BCUT2D eigenvalue weighted by molar-refractivity contribution is 8.00. The Morgan fingerprint density at radius 1 is 1.32 bits per heavy atom. The number of ether oxygens (including phenoxy) is 1. The molecular weight excluding hydrogens is 318 g/mol. The lowest BCUT2D eigenvalue weighted by atomic mass is 10.1. The van der Waals surface area contributed by atoms with Gasteiger partial charge in [-0.05, 0) is 56.7 Å². The molecule has 0 aliphatic rings. The topological polar surface area (TPSA) is 64.1 Å². The standard InChI is InChI=1S/C15H19N3O2S2/c1-8-6-9(2)10(3)12(7-8)20-11(4)13(19)16-14-17-18-15(21-5)22-14/h6-7,11H,1-5H3,(H,16,17,19). The van der Waals surface area contributed by atoms with Gasteiger partial charge in [-0.25, -0.2) is 0 Å². The number of hydrogen-bond acceptors (Lipinski definition) is 6. The molecule has 1 aromatic carbocycles. The van der Waals surface area contributed by atoms with Crippen molar-refractivity contribution in [1.82, 2.24) is 10.2 Å². The molecule has 2 aromatic rings. The summed E-state index contributed by atoms with van der Waals surface area (Å²) in [6, 6.07) is 4.04. The number of aromatic nitrogens is 2. The van der Waals surface area contributed by atoms with Crippen molar-refractivity contribution in [3.8, 4) is 5.75 Å². The fourth-order valence-electron chi connectivity index (χ4n) is 1.92. The van der Waals surface area contributed by atoms with Gasteiger partial charge < -0.3 is 4.74 Å². The molecule has 0 saturated heterocycles. The van der Waals surface area contributed by atoms with Crippen LogP contribution in [0.1, 0.15) is 23.6 Å². The van der Waals surface area contributed by atoms with Gasteiger partial charge in [0, 0.05) is 0 Å². The van der Waals surface area contributed by atoms with Crippen LogP contribution in [0.4, 0.5) is 5.13 Å². The number of carbonyl (C=O) groups is 1. The Balaban J connectivity index is 2.05. The first-order chi connectivity index (χ1) is 10.4. The Kier molecular flexibility index (Phi) is 5.42. The van der Waals surface area contributed by atoms with Crippen molar-refractivity contribution < 1.29 is 9.53 Å². The van der Waals surface area contributed by atoms with E-state index in [1.165, 1.54) is 23.1 Å². The molecule has 1 unspecified atom stereocenters. The van der Waals surface area contributed by atoms with E-state index < -0.39 is 6.10 Å². The maximum atomic E-state index is 12.2. The summed E-state index contributed by atoms with van der Waals surface area (Å²) in [4.78, 5) is 12.2. The second-order valence-corrected chi connectivity index (χ2v) is 7.06. The van der Waals surface area contributed by atoms with Crippen molar-refractivity contribution in [3.63, 3.8) is 0 Å². The average Bonchev–Trinajstić information content (AvgIpc) is 2.91. The SMILES string of the molecule is CSc1nnc(NC(=O)C(C)Oc2cc(C)cc(C)c2C)s1. The van der Waals surface area contributed by atoms with Gasteiger partial charge in [0.2, 0.25) is 5.13 Å². The third-order valence-electron chi connectivity index (χ3n) is 3.25. The van der Waals surface area contributed by atoms with Crippen molar-refractivity contribution in [2.75, 3.05) is 11.6 Å². The summed E-state index contributed by atoms with van der Waals surface area (Å²) in [6.07, 6.45) is 1.31. The Hall–Kier alpha value is -1.60. The third kappa shape index (κ3) is 3.98. The maximum Gasteiger partial charge on any atom is 0.266 e. The largest absolute Gasteiger partial charge is 0.481 e. The summed E-state index contributed by atoms with van der Waals surface area (Å²) >= 11 is 2.84. The number of nitrogens with one attached hydrogen (secondary N) is 1. The van der Waals surface area contributed by atoms with Crippen LogP contribution >= 0.6 is 23.1 Å². The van der Waals surface area contributed by atoms with E-state index in [0.29, 0.717) is 5.13 Å². The van der Waals surface area contributed by atoms with E-state index in [0.717, 1.165) is 26.8 Å². The molecule has 0 fully saturated rings. The molecule has 1 aromatic heterocycles. The molecule has 0 bridgehead atoms. The summed E-state index contributed by atoms with van der Waals surface area (Å²) in [6.45, 7) is 7.76. The van der Waals surface area contributed by atoms with Crippen LogP contribution in [-0.2, 0) is 4.79 Å². The minimum atomic E-state index is -0.610. The highest BCUT2D eigenvalue weighted by atomic mass is 32.2. The number of benzene rings is 1. The molecule has 0 aliphatic carbocycles. The third-order valence-corrected chi connectivity index (χ3v) is 5.06. The first-order valence-corrected chi connectivity index (χ1v) is 8.87. The van der Waals surface area contributed by atoms with E-state index in [1.807, 2.05) is 33.1 Å². The van der Waals surface area contributed by atoms with Crippen LogP contribution < -0.4 is 10.1 Å². The van der Waals surface area contributed by atoms with Gasteiger partial charge in [-0.2, -0.15) is 0 Å². The summed E-state index contributed by atoms with van der Waals surface area (Å²) in [7, 11) is 0. The Morgan fingerprint density at radius 2 is 2.05 bits per heavy atom. The van der Waals surface area contributed by atoms with E-state index in [2.05, 4.69) is 21.6 Å². The first kappa shape index (κ1) is 16.8. The van der Waals surface area contributed by atoms with E-state index in [1.54, 1.807) is 6.92 Å². The molecule has 1 atom stereocenters. The molecule has 1 heterocycles. The Bertz CT molecular complexity index is 685. The highest BCUT2D eigenvalue weighted by Crippen LogP contribution is 2.25. The van der Waals surface area contributed by atoms with Gasteiger partial charge in [0.25, 0.3) is 5.91 Å². The summed E-state index contributed by atoms with van der Waals surface area (Å²) in [5.41, 5.74) is 3.31. The molecule has 0 radical (unpaired) electrons. The molecule has 2 rings (SSSR count). The van der Waals surface area contributed by atoms with E-state index in [4.69, 9.17) is 4.74 Å². The first-order valence-electron chi connectivity index (χ1n) is 6.83. The van der Waals surface area contributed by atoms with Gasteiger partial charge in [-0.1, -0.05) is 29.2 Å². The zero-order valence-corrected chi connectivity index (χ0v) is 14.9. The molecule has 1 N–H and O–H groups in total. The second kappa shape index (κ2) is 7.11. The van der Waals surface area contributed by atoms with Gasteiger partial charge in [-0.15, -0.1) is 10.2 Å². The molecular formula is C15H19N3O2S2. The predicted molar refractivity (Wildman–Crippen MR) is 91.1 cm³/mol. The normalized spacial score (nSPS) is 12.0. The van der Waals surface area contributed by atoms with Crippen LogP contribution in [0.5, 0.6) is 5.75 Å². The summed E-state index contributed by atoms with van der Waals surface area (Å²) < 4.78 is 6.63. The molecule has 1 amide bonds. The molecule has 5 nitrogen and oxygen atoms in total. The highest BCUT2D eigenvalue weighted by Gasteiger charge is 2.18. The number of rotatable bonds is 5. The van der Waals surface area contributed by atoms with Crippen LogP contribution in [0.15, 0.2) is 16.5 Å². The van der Waals surface area contributed by atoms with Crippen LogP contribution in [0.25, 0.3) is 0 Å². The summed E-state index contributed by atoms with van der Waals surface area (Å²) in [5, 5.41) is 11.1. The fraction of sp³-hybridized carbons (Fsp3) is 0.400. The number of hydrogen-bond donors (Lipinski definition) is 1. The quantitative estimate of drug-likeness (QED) is 0.667. The minimum absolute atomic E-state index is 0.234. The molecule has 0 spiro atoms. The van der Waals surface area contributed by atoms with E-state index in [-0.39, 0.29) is 5.91 Å². The van der Waals surface area contributed by atoms with Crippen LogP contribution in [0, 0.1) is 20.8 Å². The van der Waals surface area contributed by atoms with E-state index in [9.17, 15) is 4.79 Å². The smallest absolute Gasteiger partial charge is 0.266 e. The summed E-state index contributed by atoms with van der Waals surface area (Å²) in [5.74, 6) is 0.504. The van der Waals surface area contributed by atoms with Crippen LogP contribution in [0.2, 0.25) is 0 Å². The van der Waals surface area contributed by atoms with Gasteiger partial charge in [-0.3, -0.25) is 10.1 Å².